The van der Waals surface area contributed by atoms with Crippen LogP contribution in [0.3, 0.4) is 0 Å². The summed E-state index contributed by atoms with van der Waals surface area (Å²) >= 11 is 0. The molecule has 2 saturated carbocycles. The third kappa shape index (κ3) is 13.8. The number of nitrogens with zero attached hydrogens (tertiary/aromatic N) is 4. The zero-order chi connectivity index (χ0) is 41.1. The minimum absolute atomic E-state index is 0.0611. The predicted octanol–water partition coefficient (Wildman–Crippen LogP) is 15.6. The van der Waals surface area contributed by atoms with Crippen LogP contribution in [0.1, 0.15) is 204 Å². The average Bonchev–Trinajstić information content (AvgIpc) is 3.29. The Morgan fingerprint density at radius 3 is 1.17 bits per heavy atom. The van der Waals surface area contributed by atoms with Crippen molar-refractivity contribution in [3.8, 4) is 22.5 Å². The topological polar surface area (TPSA) is 60.8 Å². The van der Waals surface area contributed by atoms with Crippen molar-refractivity contribution in [2.45, 2.75) is 194 Å². The minimum Gasteiger partial charge on any atom is -0.365 e. The molecular weight excluding hydrogens is 721 g/mol. The first-order valence-electron chi connectivity index (χ1n) is 24.6. The number of benzene rings is 2. The molecule has 2 atom stereocenters. The predicted molar refractivity (Wildman–Crippen MR) is 247 cm³/mol. The van der Waals surface area contributed by atoms with Crippen LogP contribution in [0.5, 0.6) is 0 Å². The van der Waals surface area contributed by atoms with Crippen LogP contribution >= 0.6 is 0 Å². The van der Waals surface area contributed by atoms with Gasteiger partial charge in [-0.1, -0.05) is 179 Å². The molecule has 2 heterocycles. The Balaban J connectivity index is 1.23. The highest BCUT2D eigenvalue weighted by molar-refractivity contribution is 5.59. The number of rotatable bonds is 24. The van der Waals surface area contributed by atoms with Gasteiger partial charge in [-0.15, -0.1) is 0 Å². The van der Waals surface area contributed by atoms with Gasteiger partial charge < -0.3 is 4.74 Å². The van der Waals surface area contributed by atoms with Crippen LogP contribution in [0.15, 0.2) is 73.3 Å². The van der Waals surface area contributed by atoms with Crippen molar-refractivity contribution in [1.29, 1.82) is 0 Å². The van der Waals surface area contributed by atoms with E-state index >= 15 is 0 Å². The normalized spacial score (nSPS) is 20.7. The van der Waals surface area contributed by atoms with Gasteiger partial charge in [0, 0.05) is 23.5 Å². The molecule has 59 heavy (non-hydrogen) atoms. The lowest BCUT2D eigenvalue weighted by molar-refractivity contribution is -0.0907. The van der Waals surface area contributed by atoms with Gasteiger partial charge in [0.05, 0.1) is 47.4 Å². The molecule has 0 spiro atoms. The highest BCUT2D eigenvalue weighted by Gasteiger charge is 2.36. The Morgan fingerprint density at radius 1 is 0.441 bits per heavy atom. The lowest BCUT2D eigenvalue weighted by Gasteiger charge is -2.40. The number of unbranched alkanes of at least 4 members (excludes halogenated alkanes) is 8. The summed E-state index contributed by atoms with van der Waals surface area (Å²) in [6, 6.07) is 18.4. The zero-order valence-corrected chi connectivity index (χ0v) is 37.6. The molecule has 0 bridgehead atoms. The zero-order valence-electron chi connectivity index (χ0n) is 37.6. The summed E-state index contributed by atoms with van der Waals surface area (Å²) < 4.78 is 7.71. The monoisotopic (exact) mass is 799 g/mol. The number of hydrogen-bond acceptors (Lipinski definition) is 5. The van der Waals surface area contributed by atoms with Crippen LogP contribution in [0.4, 0.5) is 0 Å². The van der Waals surface area contributed by atoms with Gasteiger partial charge in [-0.25, -0.2) is 0 Å². The molecule has 0 amide bonds. The smallest absolute Gasteiger partial charge is 0.0885 e. The number of hydrogen-bond donors (Lipinski definition) is 0. The van der Waals surface area contributed by atoms with E-state index in [0.29, 0.717) is 11.8 Å². The lowest BCUT2D eigenvalue weighted by atomic mass is 9.74. The quantitative estimate of drug-likeness (QED) is 0.0661. The summed E-state index contributed by atoms with van der Waals surface area (Å²) in [6.45, 7) is 9.18. The Hall–Kier alpha value is -3.44. The van der Waals surface area contributed by atoms with Crippen LogP contribution in [-0.4, -0.2) is 19.9 Å². The second-order valence-corrected chi connectivity index (χ2v) is 18.5. The van der Waals surface area contributed by atoms with Gasteiger partial charge in [0.2, 0.25) is 0 Å². The molecule has 2 aliphatic rings. The summed E-state index contributed by atoms with van der Waals surface area (Å²) in [4.78, 5) is 19.4. The summed E-state index contributed by atoms with van der Waals surface area (Å²) in [5, 5.41) is 0. The molecule has 5 heteroatoms. The van der Waals surface area contributed by atoms with E-state index in [1.54, 1.807) is 0 Å². The van der Waals surface area contributed by atoms with Gasteiger partial charge in [-0.05, 0) is 86.2 Å². The van der Waals surface area contributed by atoms with Gasteiger partial charge >= 0.3 is 0 Å². The molecule has 2 unspecified atom stereocenters. The molecule has 0 N–H and O–H groups in total. The van der Waals surface area contributed by atoms with E-state index in [1.165, 1.54) is 152 Å². The van der Waals surface area contributed by atoms with E-state index in [9.17, 15) is 0 Å². The van der Waals surface area contributed by atoms with Gasteiger partial charge in [0.25, 0.3) is 0 Å². The van der Waals surface area contributed by atoms with Crippen LogP contribution in [0.25, 0.3) is 22.5 Å². The van der Waals surface area contributed by atoms with Crippen LogP contribution in [-0.2, 0) is 17.6 Å². The molecule has 2 aromatic carbocycles. The van der Waals surface area contributed by atoms with Crippen molar-refractivity contribution in [2.75, 3.05) is 0 Å². The van der Waals surface area contributed by atoms with Crippen molar-refractivity contribution in [3.05, 3.63) is 95.8 Å². The molecule has 4 aromatic rings. The Labute approximate surface area is 359 Å². The summed E-state index contributed by atoms with van der Waals surface area (Å²) in [5.41, 5.74) is 8.99. The fourth-order valence-electron chi connectivity index (χ4n) is 10.0. The van der Waals surface area contributed by atoms with Crippen LogP contribution in [0.2, 0.25) is 0 Å². The SMILES string of the molecule is CCCCCCc1cnc(-c2ccc(C(OC(c3ccc(-c4cnc(CCCCCC)cn4)cc3)[C@H]3CC[C@H](CCCC)CC3)[C@H]3CC[C@H](CCCC)CC3)cc2)cn1. The molecule has 320 valence electrons. The van der Waals surface area contributed by atoms with Crippen molar-refractivity contribution in [1.82, 2.24) is 19.9 Å². The van der Waals surface area contributed by atoms with Crippen molar-refractivity contribution >= 4 is 0 Å². The molecule has 0 aliphatic heterocycles. The third-order valence-corrected chi connectivity index (χ3v) is 13.9. The third-order valence-electron chi connectivity index (χ3n) is 13.9. The first kappa shape index (κ1) is 45.1. The van der Waals surface area contributed by atoms with Crippen molar-refractivity contribution in [2.24, 2.45) is 23.7 Å². The fourth-order valence-corrected chi connectivity index (χ4v) is 10.0. The standard InChI is InChI=1S/C54H78N4O/c1-5-9-13-15-19-49-37-57-51(39-55-49)43-29-33-47(34-30-43)53(45-25-21-41(22-26-45)17-11-7-3)59-54(46-27-23-42(24-28-46)18-12-8-4)48-35-31-44(32-36-48)52-40-56-50(38-58-52)20-16-14-10-6-2/h29-42,45-46,53-54H,5-28H2,1-4H3/t41-,42-,45-,46-,53?,54?. The summed E-state index contributed by atoms with van der Waals surface area (Å²) in [6.07, 6.45) is 38.4. The molecule has 0 radical (unpaired) electrons. The van der Waals surface area contributed by atoms with E-state index in [4.69, 9.17) is 24.7 Å². The molecule has 2 aromatic heterocycles. The number of ether oxygens (including phenoxy) is 1. The van der Waals surface area contributed by atoms with E-state index in [0.717, 1.165) is 58.6 Å². The molecule has 5 nitrogen and oxygen atoms in total. The fraction of sp³-hybridized carbons (Fsp3) is 0.630. The number of aryl methyl sites for hydroxylation is 2. The largest absolute Gasteiger partial charge is 0.365 e. The Bertz CT molecular complexity index is 1580. The van der Waals surface area contributed by atoms with Crippen LogP contribution in [0, 0.1) is 23.7 Å². The van der Waals surface area contributed by atoms with Gasteiger partial charge in [0.1, 0.15) is 0 Å². The molecule has 6 rings (SSSR count). The van der Waals surface area contributed by atoms with E-state index < -0.39 is 0 Å². The van der Waals surface area contributed by atoms with Crippen molar-refractivity contribution < 1.29 is 4.74 Å². The van der Waals surface area contributed by atoms with Gasteiger partial charge in [-0.2, -0.15) is 0 Å². The van der Waals surface area contributed by atoms with E-state index in [-0.39, 0.29) is 12.2 Å². The first-order chi connectivity index (χ1) is 29.1. The molecule has 2 aliphatic carbocycles. The maximum absolute atomic E-state index is 7.71. The second-order valence-electron chi connectivity index (χ2n) is 18.5. The van der Waals surface area contributed by atoms with Crippen molar-refractivity contribution in [3.63, 3.8) is 0 Å². The highest BCUT2D eigenvalue weighted by Crippen LogP contribution is 2.47. The van der Waals surface area contributed by atoms with E-state index in [2.05, 4.69) is 76.2 Å². The molecule has 0 saturated heterocycles. The average molecular weight is 799 g/mol. The van der Waals surface area contributed by atoms with Gasteiger partial charge in [-0.3, -0.25) is 19.9 Å². The Kier molecular flexibility index (Phi) is 18.9. The molecular formula is C54H78N4O. The summed E-state index contributed by atoms with van der Waals surface area (Å²) in [5.74, 6) is 2.76. The lowest BCUT2D eigenvalue weighted by Crippen LogP contribution is -2.28. The van der Waals surface area contributed by atoms with E-state index in [1.807, 2.05) is 24.8 Å². The second kappa shape index (κ2) is 24.7. The Morgan fingerprint density at radius 2 is 0.831 bits per heavy atom. The number of aromatic nitrogens is 4. The molecule has 2 fully saturated rings. The first-order valence-corrected chi connectivity index (χ1v) is 24.6. The van der Waals surface area contributed by atoms with Crippen LogP contribution < -0.4 is 0 Å². The maximum atomic E-state index is 7.71. The van der Waals surface area contributed by atoms with Gasteiger partial charge in [0.15, 0.2) is 0 Å². The minimum atomic E-state index is 0.0611. The maximum Gasteiger partial charge on any atom is 0.0885 e. The summed E-state index contributed by atoms with van der Waals surface area (Å²) in [7, 11) is 0. The highest BCUT2D eigenvalue weighted by atomic mass is 16.5.